The Balaban J connectivity index is 2.41. The third kappa shape index (κ3) is 4.27. The lowest BCUT2D eigenvalue weighted by Gasteiger charge is -2.09. The lowest BCUT2D eigenvalue weighted by atomic mass is 10.1. The van der Waals surface area contributed by atoms with Crippen molar-refractivity contribution >= 4 is 38.3 Å². The number of rotatable bonds is 5. The molecule has 0 aromatic carbocycles. The van der Waals surface area contributed by atoms with E-state index < -0.39 is 6.04 Å². The van der Waals surface area contributed by atoms with Gasteiger partial charge < -0.3 is 11.1 Å². The topological polar surface area (TPSA) is 68.0 Å². The van der Waals surface area contributed by atoms with Crippen molar-refractivity contribution in [2.75, 3.05) is 5.32 Å². The fourth-order valence-electron chi connectivity index (χ4n) is 1.07. The Morgan fingerprint density at radius 2 is 2.53 bits per heavy atom. The van der Waals surface area contributed by atoms with E-state index in [2.05, 4.69) is 33.2 Å². The van der Waals surface area contributed by atoms with Crippen LogP contribution in [0.4, 0.5) is 5.13 Å². The van der Waals surface area contributed by atoms with E-state index in [4.69, 9.17) is 5.73 Å². The first-order valence-electron chi connectivity index (χ1n) is 4.81. The molecule has 0 saturated heterocycles. The van der Waals surface area contributed by atoms with Crippen LogP contribution < -0.4 is 11.1 Å². The van der Waals surface area contributed by atoms with Gasteiger partial charge in [-0.1, -0.05) is 31.1 Å². The fraction of sp³-hybridized carbons (Fsp3) is 0.556. The van der Waals surface area contributed by atoms with Crippen LogP contribution in [0.1, 0.15) is 26.2 Å². The molecule has 6 heteroatoms. The molecule has 1 unspecified atom stereocenters. The molecule has 1 heterocycles. The average molecular weight is 292 g/mol. The minimum absolute atomic E-state index is 0.162. The zero-order valence-corrected chi connectivity index (χ0v) is 10.9. The second-order valence-electron chi connectivity index (χ2n) is 3.21. The maximum absolute atomic E-state index is 11.5. The summed E-state index contributed by atoms with van der Waals surface area (Å²) in [5.41, 5.74) is 5.71. The molecule has 0 saturated carbocycles. The molecule has 4 nitrogen and oxygen atoms in total. The quantitative estimate of drug-likeness (QED) is 0.875. The van der Waals surface area contributed by atoms with Crippen molar-refractivity contribution in [3.05, 3.63) is 9.98 Å². The molecule has 84 valence electrons. The number of anilines is 1. The molecule has 1 aromatic rings. The van der Waals surface area contributed by atoms with Crippen molar-refractivity contribution in [3.8, 4) is 0 Å². The van der Waals surface area contributed by atoms with Gasteiger partial charge in [0.2, 0.25) is 5.91 Å². The summed E-state index contributed by atoms with van der Waals surface area (Å²) in [6, 6.07) is -0.437. The number of carbonyl (C=O) groups is 1. The summed E-state index contributed by atoms with van der Waals surface area (Å²) < 4.78 is 0.889. The first-order valence-corrected chi connectivity index (χ1v) is 6.42. The second kappa shape index (κ2) is 6.19. The number of amides is 1. The zero-order valence-electron chi connectivity index (χ0n) is 8.50. The highest BCUT2D eigenvalue weighted by atomic mass is 79.9. The zero-order chi connectivity index (χ0) is 11.3. The van der Waals surface area contributed by atoms with E-state index in [1.807, 2.05) is 0 Å². The summed E-state index contributed by atoms with van der Waals surface area (Å²) in [7, 11) is 0. The number of hydrogen-bond donors (Lipinski definition) is 2. The van der Waals surface area contributed by atoms with Crippen LogP contribution in [-0.2, 0) is 4.79 Å². The van der Waals surface area contributed by atoms with Crippen molar-refractivity contribution < 1.29 is 4.79 Å². The van der Waals surface area contributed by atoms with Gasteiger partial charge in [-0.05, 0) is 22.4 Å². The molecular formula is C9H14BrN3OS. The molecule has 0 aliphatic carbocycles. The summed E-state index contributed by atoms with van der Waals surface area (Å²) in [4.78, 5) is 15.5. The van der Waals surface area contributed by atoms with Crippen molar-refractivity contribution in [2.45, 2.75) is 32.2 Å². The predicted molar refractivity (Wildman–Crippen MR) is 65.9 cm³/mol. The van der Waals surface area contributed by atoms with E-state index in [1.165, 1.54) is 11.3 Å². The molecule has 1 amide bonds. The van der Waals surface area contributed by atoms with Gasteiger partial charge in [0.15, 0.2) is 5.13 Å². The summed E-state index contributed by atoms with van der Waals surface area (Å²) in [5, 5.41) is 3.27. The maximum atomic E-state index is 11.5. The third-order valence-electron chi connectivity index (χ3n) is 1.91. The molecule has 0 bridgehead atoms. The van der Waals surface area contributed by atoms with Crippen LogP contribution in [0.15, 0.2) is 9.98 Å². The fourth-order valence-corrected chi connectivity index (χ4v) is 2.17. The molecular weight excluding hydrogens is 278 g/mol. The predicted octanol–water partition coefficient (Wildman–Crippen LogP) is 2.36. The molecule has 3 N–H and O–H groups in total. The third-order valence-corrected chi connectivity index (χ3v) is 3.30. The standard InChI is InChI=1S/C9H14BrN3OS/c1-2-3-4-6(11)8(14)13-9-12-5-7(10)15-9/h5-6H,2-4,11H2,1H3,(H,12,13,14). The number of nitrogens with one attached hydrogen (secondary N) is 1. The number of nitrogens with two attached hydrogens (primary N) is 1. The average Bonchev–Trinajstić information content (AvgIpc) is 2.60. The second-order valence-corrected chi connectivity index (χ2v) is 5.62. The number of carbonyl (C=O) groups excluding carboxylic acids is 1. The molecule has 1 aromatic heterocycles. The number of thiazole rings is 1. The van der Waals surface area contributed by atoms with Crippen LogP contribution in [0.2, 0.25) is 0 Å². The Hall–Kier alpha value is -0.460. The molecule has 1 rings (SSSR count). The van der Waals surface area contributed by atoms with Crippen LogP contribution in [0, 0.1) is 0 Å². The Kier molecular flexibility index (Phi) is 5.21. The minimum atomic E-state index is -0.437. The van der Waals surface area contributed by atoms with Gasteiger partial charge in [-0.2, -0.15) is 0 Å². The lowest BCUT2D eigenvalue weighted by Crippen LogP contribution is -2.35. The first kappa shape index (κ1) is 12.6. The van der Waals surface area contributed by atoms with Gasteiger partial charge >= 0.3 is 0 Å². The van der Waals surface area contributed by atoms with Gasteiger partial charge in [-0.3, -0.25) is 4.79 Å². The van der Waals surface area contributed by atoms with Crippen molar-refractivity contribution in [1.82, 2.24) is 4.98 Å². The van der Waals surface area contributed by atoms with E-state index in [0.29, 0.717) is 5.13 Å². The Morgan fingerprint density at radius 3 is 3.07 bits per heavy atom. The van der Waals surface area contributed by atoms with Crippen LogP contribution in [-0.4, -0.2) is 16.9 Å². The van der Waals surface area contributed by atoms with Crippen LogP contribution in [0.3, 0.4) is 0 Å². The van der Waals surface area contributed by atoms with Crippen LogP contribution in [0.5, 0.6) is 0 Å². The highest BCUT2D eigenvalue weighted by molar-refractivity contribution is 9.11. The summed E-state index contributed by atoms with van der Waals surface area (Å²) in [6.45, 7) is 2.07. The smallest absolute Gasteiger partial charge is 0.243 e. The number of nitrogens with zero attached hydrogens (tertiary/aromatic N) is 1. The van der Waals surface area contributed by atoms with Crippen molar-refractivity contribution in [2.24, 2.45) is 5.73 Å². The lowest BCUT2D eigenvalue weighted by molar-refractivity contribution is -0.117. The summed E-state index contributed by atoms with van der Waals surface area (Å²) >= 11 is 4.65. The van der Waals surface area contributed by atoms with Gasteiger partial charge in [-0.15, -0.1) is 0 Å². The highest BCUT2D eigenvalue weighted by Crippen LogP contribution is 2.23. The number of hydrogen-bond acceptors (Lipinski definition) is 4. The summed E-state index contributed by atoms with van der Waals surface area (Å²) in [6.07, 6.45) is 4.38. The van der Waals surface area contributed by atoms with Crippen LogP contribution in [0.25, 0.3) is 0 Å². The van der Waals surface area contributed by atoms with Gasteiger partial charge in [0.25, 0.3) is 0 Å². The largest absolute Gasteiger partial charge is 0.320 e. The minimum Gasteiger partial charge on any atom is -0.320 e. The molecule has 0 radical (unpaired) electrons. The molecule has 15 heavy (non-hydrogen) atoms. The van der Waals surface area contributed by atoms with E-state index in [0.717, 1.165) is 23.0 Å². The number of unbranched alkanes of at least 4 members (excludes halogenated alkanes) is 1. The van der Waals surface area contributed by atoms with E-state index in [9.17, 15) is 4.79 Å². The Labute approximate surface area is 101 Å². The van der Waals surface area contributed by atoms with Crippen molar-refractivity contribution in [3.63, 3.8) is 0 Å². The molecule has 1 atom stereocenters. The van der Waals surface area contributed by atoms with Gasteiger partial charge in [0, 0.05) is 0 Å². The van der Waals surface area contributed by atoms with Crippen molar-refractivity contribution in [1.29, 1.82) is 0 Å². The van der Waals surface area contributed by atoms with Gasteiger partial charge in [-0.25, -0.2) is 4.98 Å². The molecule has 0 aliphatic rings. The monoisotopic (exact) mass is 291 g/mol. The summed E-state index contributed by atoms with van der Waals surface area (Å²) in [5.74, 6) is -0.162. The molecule has 0 aliphatic heterocycles. The SMILES string of the molecule is CCCCC(N)C(=O)Nc1ncc(Br)s1. The normalized spacial score (nSPS) is 12.5. The van der Waals surface area contributed by atoms with E-state index in [-0.39, 0.29) is 5.91 Å². The van der Waals surface area contributed by atoms with Gasteiger partial charge in [0.05, 0.1) is 16.0 Å². The van der Waals surface area contributed by atoms with Gasteiger partial charge in [0.1, 0.15) is 0 Å². The number of halogens is 1. The van der Waals surface area contributed by atoms with E-state index in [1.54, 1.807) is 6.20 Å². The Morgan fingerprint density at radius 1 is 1.80 bits per heavy atom. The number of aromatic nitrogens is 1. The molecule has 0 fully saturated rings. The first-order chi connectivity index (χ1) is 7.13. The Bertz CT molecular complexity index is 329. The maximum Gasteiger partial charge on any atom is 0.243 e. The highest BCUT2D eigenvalue weighted by Gasteiger charge is 2.14. The molecule has 0 spiro atoms. The van der Waals surface area contributed by atoms with E-state index >= 15 is 0 Å². The van der Waals surface area contributed by atoms with Crippen LogP contribution >= 0.6 is 27.3 Å².